The second-order valence-electron chi connectivity index (χ2n) is 6.13. The summed E-state index contributed by atoms with van der Waals surface area (Å²) in [6.45, 7) is 1.52. The number of rotatable bonds is 5. The number of benzene rings is 2. The van der Waals surface area contributed by atoms with E-state index in [4.69, 9.17) is 4.98 Å². The molecule has 0 unspecified atom stereocenters. The van der Waals surface area contributed by atoms with E-state index in [2.05, 4.69) is 40.1 Å². The van der Waals surface area contributed by atoms with E-state index in [1.165, 1.54) is 17.8 Å². The van der Waals surface area contributed by atoms with Crippen LogP contribution in [0.15, 0.2) is 66.2 Å². The standard InChI is InChI=1S/C20H18FN3S/c1-23(13-15-7-9-17(21)10-8-15)14-18-19(16-5-3-2-4-6-16)22-20-24(18)11-12-25-20/h2-12H,13-14H2,1H3. The lowest BCUT2D eigenvalue weighted by atomic mass is 10.1. The molecular weight excluding hydrogens is 333 g/mol. The van der Waals surface area contributed by atoms with Crippen molar-refractivity contribution >= 4 is 16.3 Å². The van der Waals surface area contributed by atoms with E-state index < -0.39 is 0 Å². The molecule has 5 heteroatoms. The largest absolute Gasteiger partial charge is 0.296 e. The first kappa shape index (κ1) is 16.0. The molecule has 126 valence electrons. The zero-order valence-corrected chi connectivity index (χ0v) is 14.7. The Balaban J connectivity index is 1.63. The van der Waals surface area contributed by atoms with Crippen molar-refractivity contribution in [2.75, 3.05) is 7.05 Å². The average molecular weight is 351 g/mol. The van der Waals surface area contributed by atoms with E-state index in [9.17, 15) is 4.39 Å². The minimum atomic E-state index is -0.200. The third kappa shape index (κ3) is 3.34. The third-order valence-corrected chi connectivity index (χ3v) is 4.95. The molecule has 0 aliphatic rings. The molecule has 0 atom stereocenters. The van der Waals surface area contributed by atoms with E-state index in [-0.39, 0.29) is 5.82 Å². The topological polar surface area (TPSA) is 20.5 Å². The zero-order valence-electron chi connectivity index (χ0n) is 13.9. The first-order valence-corrected chi connectivity index (χ1v) is 9.01. The first-order chi connectivity index (χ1) is 12.2. The van der Waals surface area contributed by atoms with Gasteiger partial charge in [0.15, 0.2) is 4.96 Å². The number of halogens is 1. The van der Waals surface area contributed by atoms with E-state index in [0.29, 0.717) is 0 Å². The lowest BCUT2D eigenvalue weighted by Gasteiger charge is -2.17. The fourth-order valence-corrected chi connectivity index (χ4v) is 3.76. The summed E-state index contributed by atoms with van der Waals surface area (Å²) in [6, 6.07) is 17.0. The van der Waals surface area contributed by atoms with Crippen LogP contribution < -0.4 is 0 Å². The van der Waals surface area contributed by atoms with Crippen LogP contribution in [0.5, 0.6) is 0 Å². The van der Waals surface area contributed by atoms with Gasteiger partial charge in [-0.2, -0.15) is 0 Å². The smallest absolute Gasteiger partial charge is 0.194 e. The van der Waals surface area contributed by atoms with Crippen molar-refractivity contribution in [2.24, 2.45) is 0 Å². The number of hydrogen-bond acceptors (Lipinski definition) is 3. The van der Waals surface area contributed by atoms with E-state index in [1.807, 2.05) is 30.3 Å². The maximum Gasteiger partial charge on any atom is 0.194 e. The normalized spacial score (nSPS) is 11.5. The van der Waals surface area contributed by atoms with Crippen LogP contribution in [0.25, 0.3) is 16.2 Å². The Kier molecular flexibility index (Phi) is 4.34. The van der Waals surface area contributed by atoms with Crippen molar-refractivity contribution in [1.29, 1.82) is 0 Å². The average Bonchev–Trinajstić information content (AvgIpc) is 3.20. The SMILES string of the molecule is CN(Cc1ccc(F)cc1)Cc1c(-c2ccccc2)nc2sccn12. The second-order valence-corrected chi connectivity index (χ2v) is 7.00. The highest BCUT2D eigenvalue weighted by Crippen LogP contribution is 2.27. The van der Waals surface area contributed by atoms with Crippen molar-refractivity contribution in [3.63, 3.8) is 0 Å². The molecule has 0 saturated heterocycles. The molecule has 0 N–H and O–H groups in total. The molecule has 2 heterocycles. The molecule has 0 spiro atoms. The Bertz CT molecular complexity index is 973. The molecule has 25 heavy (non-hydrogen) atoms. The van der Waals surface area contributed by atoms with Crippen LogP contribution in [-0.2, 0) is 13.1 Å². The van der Waals surface area contributed by atoms with Gasteiger partial charge in [-0.1, -0.05) is 42.5 Å². The summed E-state index contributed by atoms with van der Waals surface area (Å²) in [4.78, 5) is 8.05. The summed E-state index contributed by atoms with van der Waals surface area (Å²) in [6.07, 6.45) is 2.07. The molecule has 0 radical (unpaired) electrons. The maximum atomic E-state index is 13.1. The van der Waals surface area contributed by atoms with Crippen molar-refractivity contribution < 1.29 is 4.39 Å². The molecule has 4 rings (SSSR count). The second kappa shape index (κ2) is 6.78. The summed E-state index contributed by atoms with van der Waals surface area (Å²) >= 11 is 1.64. The van der Waals surface area contributed by atoms with Gasteiger partial charge in [-0.25, -0.2) is 9.37 Å². The van der Waals surface area contributed by atoms with Crippen LogP contribution >= 0.6 is 11.3 Å². The first-order valence-electron chi connectivity index (χ1n) is 8.13. The van der Waals surface area contributed by atoms with Gasteiger partial charge >= 0.3 is 0 Å². The number of hydrogen-bond donors (Lipinski definition) is 0. The van der Waals surface area contributed by atoms with Gasteiger partial charge in [-0.15, -0.1) is 11.3 Å². The number of nitrogens with zero attached hydrogens (tertiary/aromatic N) is 3. The molecule has 0 saturated carbocycles. The lowest BCUT2D eigenvalue weighted by molar-refractivity contribution is 0.314. The number of aromatic nitrogens is 2. The van der Waals surface area contributed by atoms with E-state index in [0.717, 1.165) is 34.9 Å². The van der Waals surface area contributed by atoms with Crippen LogP contribution in [0, 0.1) is 5.82 Å². The van der Waals surface area contributed by atoms with Crippen LogP contribution in [0.2, 0.25) is 0 Å². The van der Waals surface area contributed by atoms with E-state index in [1.54, 1.807) is 11.3 Å². The molecule has 0 aliphatic heterocycles. The zero-order chi connectivity index (χ0) is 17.2. The molecule has 2 aromatic heterocycles. The number of fused-ring (bicyclic) bond motifs is 1. The fourth-order valence-electron chi connectivity index (χ4n) is 3.02. The molecule has 0 bridgehead atoms. The van der Waals surface area contributed by atoms with Gasteiger partial charge in [0.1, 0.15) is 5.82 Å². The molecule has 3 nitrogen and oxygen atoms in total. The summed E-state index contributed by atoms with van der Waals surface area (Å²) in [7, 11) is 2.07. The minimum Gasteiger partial charge on any atom is -0.296 e. The number of imidazole rings is 1. The van der Waals surface area contributed by atoms with Gasteiger partial charge in [0.25, 0.3) is 0 Å². The molecule has 2 aromatic carbocycles. The summed E-state index contributed by atoms with van der Waals surface area (Å²) < 4.78 is 15.2. The minimum absolute atomic E-state index is 0.200. The Hall–Kier alpha value is -2.50. The summed E-state index contributed by atoms with van der Waals surface area (Å²) in [5.74, 6) is -0.200. The Labute approximate surface area is 150 Å². The van der Waals surface area contributed by atoms with Crippen molar-refractivity contribution in [2.45, 2.75) is 13.1 Å². The maximum absolute atomic E-state index is 13.1. The molecule has 0 amide bonds. The fraction of sp³-hybridized carbons (Fsp3) is 0.150. The highest BCUT2D eigenvalue weighted by molar-refractivity contribution is 7.15. The molecule has 4 aromatic rings. The molecule has 0 fully saturated rings. The Morgan fingerprint density at radius 3 is 2.56 bits per heavy atom. The number of thiazole rings is 1. The van der Waals surface area contributed by atoms with Crippen molar-refractivity contribution in [3.05, 3.63) is 83.2 Å². The Morgan fingerprint density at radius 2 is 1.80 bits per heavy atom. The molecule has 0 aliphatic carbocycles. The Morgan fingerprint density at radius 1 is 1.04 bits per heavy atom. The highest BCUT2D eigenvalue weighted by atomic mass is 32.1. The predicted molar refractivity (Wildman–Crippen MR) is 100 cm³/mol. The van der Waals surface area contributed by atoms with Gasteiger partial charge in [-0.05, 0) is 24.7 Å². The van der Waals surface area contributed by atoms with Crippen molar-refractivity contribution in [1.82, 2.24) is 14.3 Å². The van der Waals surface area contributed by atoms with Crippen LogP contribution in [0.1, 0.15) is 11.3 Å². The van der Waals surface area contributed by atoms with Gasteiger partial charge in [0, 0.05) is 30.2 Å². The van der Waals surface area contributed by atoms with Gasteiger partial charge in [0.05, 0.1) is 11.4 Å². The monoisotopic (exact) mass is 351 g/mol. The van der Waals surface area contributed by atoms with Gasteiger partial charge in [-0.3, -0.25) is 9.30 Å². The summed E-state index contributed by atoms with van der Waals surface area (Å²) in [5, 5.41) is 2.06. The van der Waals surface area contributed by atoms with Gasteiger partial charge in [0.2, 0.25) is 0 Å². The quantitative estimate of drug-likeness (QED) is 0.513. The van der Waals surface area contributed by atoms with Crippen LogP contribution in [0.3, 0.4) is 0 Å². The van der Waals surface area contributed by atoms with Gasteiger partial charge < -0.3 is 0 Å². The van der Waals surface area contributed by atoms with Crippen LogP contribution in [-0.4, -0.2) is 21.3 Å². The predicted octanol–water partition coefficient (Wildman–Crippen LogP) is 4.83. The summed E-state index contributed by atoms with van der Waals surface area (Å²) in [5.41, 5.74) is 4.42. The highest BCUT2D eigenvalue weighted by Gasteiger charge is 2.16. The molecular formula is C20H18FN3S. The third-order valence-electron chi connectivity index (χ3n) is 4.19. The van der Waals surface area contributed by atoms with Crippen LogP contribution in [0.4, 0.5) is 4.39 Å². The van der Waals surface area contributed by atoms with E-state index >= 15 is 0 Å². The van der Waals surface area contributed by atoms with Crippen molar-refractivity contribution in [3.8, 4) is 11.3 Å². The lowest BCUT2D eigenvalue weighted by Crippen LogP contribution is -2.18.